The van der Waals surface area contributed by atoms with Crippen molar-refractivity contribution in [1.82, 2.24) is 14.9 Å². The van der Waals surface area contributed by atoms with E-state index in [9.17, 15) is 8.78 Å². The SMILES string of the molecule is C=C(C)CNC(N)=NCc1nccn1C(F)F. The topological polar surface area (TPSA) is 68.2 Å². The number of aliphatic imine (C=N–C) groups is 1. The van der Waals surface area contributed by atoms with E-state index in [-0.39, 0.29) is 18.3 Å². The first kappa shape index (κ1) is 13.1. The van der Waals surface area contributed by atoms with Crippen molar-refractivity contribution in [3.63, 3.8) is 0 Å². The largest absolute Gasteiger partial charge is 0.370 e. The Labute approximate surface area is 98.1 Å². The second-order valence-corrected chi connectivity index (χ2v) is 3.54. The lowest BCUT2D eigenvalue weighted by Crippen LogP contribution is -2.32. The summed E-state index contributed by atoms with van der Waals surface area (Å²) in [5.74, 6) is 0.344. The first-order valence-electron chi connectivity index (χ1n) is 4.98. The molecule has 0 unspecified atom stereocenters. The Morgan fingerprint density at radius 1 is 1.71 bits per heavy atom. The summed E-state index contributed by atoms with van der Waals surface area (Å²) in [7, 11) is 0. The predicted octanol–water partition coefficient (Wildman–Crippen LogP) is 1.26. The van der Waals surface area contributed by atoms with Crippen LogP contribution in [0.1, 0.15) is 19.3 Å². The number of nitrogens with two attached hydrogens (primary N) is 1. The fraction of sp³-hybridized carbons (Fsp3) is 0.400. The number of hydrogen-bond acceptors (Lipinski definition) is 2. The average Bonchev–Trinajstić information content (AvgIpc) is 2.71. The molecule has 0 aliphatic heterocycles. The van der Waals surface area contributed by atoms with Crippen molar-refractivity contribution in [2.45, 2.75) is 20.0 Å². The van der Waals surface area contributed by atoms with E-state index in [0.29, 0.717) is 6.54 Å². The molecule has 0 saturated heterocycles. The third-order valence-corrected chi connectivity index (χ3v) is 1.92. The molecule has 0 aliphatic rings. The maximum Gasteiger partial charge on any atom is 0.319 e. The van der Waals surface area contributed by atoms with Crippen LogP contribution in [0.2, 0.25) is 0 Å². The van der Waals surface area contributed by atoms with Gasteiger partial charge in [0.2, 0.25) is 0 Å². The van der Waals surface area contributed by atoms with Gasteiger partial charge in [-0.25, -0.2) is 9.98 Å². The van der Waals surface area contributed by atoms with Crippen LogP contribution >= 0.6 is 0 Å². The zero-order valence-electron chi connectivity index (χ0n) is 9.53. The van der Waals surface area contributed by atoms with Crippen LogP contribution in [0, 0.1) is 0 Å². The summed E-state index contributed by atoms with van der Waals surface area (Å²) in [6, 6.07) is 0. The average molecular weight is 243 g/mol. The van der Waals surface area contributed by atoms with Gasteiger partial charge in [0.1, 0.15) is 12.4 Å². The van der Waals surface area contributed by atoms with E-state index in [0.717, 1.165) is 10.1 Å². The molecule has 17 heavy (non-hydrogen) atoms. The minimum absolute atomic E-state index is 0.00631. The van der Waals surface area contributed by atoms with Crippen molar-refractivity contribution in [3.05, 3.63) is 30.4 Å². The number of hydrogen-bond donors (Lipinski definition) is 2. The van der Waals surface area contributed by atoms with E-state index < -0.39 is 6.55 Å². The second kappa shape index (κ2) is 5.97. The summed E-state index contributed by atoms with van der Waals surface area (Å²) in [4.78, 5) is 7.69. The quantitative estimate of drug-likeness (QED) is 0.464. The molecule has 1 heterocycles. The maximum atomic E-state index is 12.5. The summed E-state index contributed by atoms with van der Waals surface area (Å²) in [5.41, 5.74) is 6.44. The second-order valence-electron chi connectivity index (χ2n) is 3.54. The Hall–Kier alpha value is -1.92. The van der Waals surface area contributed by atoms with Gasteiger partial charge in [-0.2, -0.15) is 8.78 Å². The molecule has 0 bridgehead atoms. The highest BCUT2D eigenvalue weighted by Crippen LogP contribution is 2.12. The van der Waals surface area contributed by atoms with Gasteiger partial charge in [-0.1, -0.05) is 12.2 Å². The molecule has 5 nitrogen and oxygen atoms in total. The molecule has 7 heteroatoms. The van der Waals surface area contributed by atoms with E-state index in [2.05, 4.69) is 21.9 Å². The van der Waals surface area contributed by atoms with Crippen molar-refractivity contribution in [2.75, 3.05) is 6.54 Å². The first-order valence-corrected chi connectivity index (χ1v) is 4.98. The number of nitrogens with one attached hydrogen (secondary N) is 1. The van der Waals surface area contributed by atoms with Crippen molar-refractivity contribution in [2.24, 2.45) is 10.7 Å². The molecule has 0 amide bonds. The molecule has 0 aromatic carbocycles. The number of guanidine groups is 1. The summed E-state index contributed by atoms with van der Waals surface area (Å²) in [6.07, 6.45) is 2.50. The highest BCUT2D eigenvalue weighted by atomic mass is 19.3. The van der Waals surface area contributed by atoms with Gasteiger partial charge in [-0.05, 0) is 6.92 Å². The molecule has 0 saturated carbocycles. The molecule has 1 aromatic heterocycles. The van der Waals surface area contributed by atoms with Gasteiger partial charge < -0.3 is 11.1 Å². The molecule has 1 rings (SSSR count). The zero-order chi connectivity index (χ0) is 12.8. The lowest BCUT2D eigenvalue weighted by Gasteiger charge is -2.06. The molecule has 0 aliphatic carbocycles. The first-order chi connectivity index (χ1) is 8.00. The third kappa shape index (κ3) is 4.21. The summed E-state index contributed by atoms with van der Waals surface area (Å²) < 4.78 is 25.7. The highest BCUT2D eigenvalue weighted by molar-refractivity contribution is 5.77. The van der Waals surface area contributed by atoms with E-state index in [4.69, 9.17) is 5.73 Å². The Bertz CT molecular complexity index is 411. The van der Waals surface area contributed by atoms with Gasteiger partial charge in [-0.3, -0.25) is 4.57 Å². The van der Waals surface area contributed by atoms with Crippen LogP contribution in [-0.4, -0.2) is 22.1 Å². The molecular weight excluding hydrogens is 228 g/mol. The van der Waals surface area contributed by atoms with Gasteiger partial charge in [0.05, 0.1) is 0 Å². The Morgan fingerprint density at radius 2 is 2.41 bits per heavy atom. The molecule has 1 aromatic rings. The molecule has 0 atom stereocenters. The Kier molecular flexibility index (Phi) is 4.62. The summed E-state index contributed by atoms with van der Waals surface area (Å²) >= 11 is 0. The minimum atomic E-state index is -2.62. The van der Waals surface area contributed by atoms with E-state index in [1.54, 1.807) is 0 Å². The Balaban J connectivity index is 2.56. The van der Waals surface area contributed by atoms with Crippen LogP contribution in [0.15, 0.2) is 29.5 Å². The fourth-order valence-corrected chi connectivity index (χ4v) is 1.10. The fourth-order valence-electron chi connectivity index (χ4n) is 1.10. The molecule has 0 fully saturated rings. The molecule has 0 radical (unpaired) electrons. The van der Waals surface area contributed by atoms with Crippen molar-refractivity contribution >= 4 is 5.96 Å². The van der Waals surface area contributed by atoms with Crippen LogP contribution in [0.5, 0.6) is 0 Å². The molecule has 0 spiro atoms. The van der Waals surface area contributed by atoms with Gasteiger partial charge in [-0.15, -0.1) is 0 Å². The number of alkyl halides is 2. The molecule has 3 N–H and O–H groups in total. The summed E-state index contributed by atoms with van der Waals surface area (Å²) in [5, 5.41) is 2.80. The smallest absolute Gasteiger partial charge is 0.319 e. The van der Waals surface area contributed by atoms with Crippen LogP contribution in [-0.2, 0) is 6.54 Å². The van der Waals surface area contributed by atoms with Crippen molar-refractivity contribution < 1.29 is 8.78 Å². The van der Waals surface area contributed by atoms with Gasteiger partial charge >= 0.3 is 6.55 Å². The zero-order valence-corrected chi connectivity index (χ0v) is 9.53. The summed E-state index contributed by atoms with van der Waals surface area (Å²) in [6.45, 7) is 3.41. The highest BCUT2D eigenvalue weighted by Gasteiger charge is 2.10. The van der Waals surface area contributed by atoms with Crippen LogP contribution in [0.4, 0.5) is 8.78 Å². The van der Waals surface area contributed by atoms with Gasteiger partial charge in [0, 0.05) is 18.9 Å². The van der Waals surface area contributed by atoms with E-state index >= 15 is 0 Å². The van der Waals surface area contributed by atoms with Gasteiger partial charge in [0.25, 0.3) is 0 Å². The van der Waals surface area contributed by atoms with Crippen LogP contribution in [0.25, 0.3) is 0 Å². The lowest BCUT2D eigenvalue weighted by atomic mass is 10.3. The Morgan fingerprint density at radius 3 is 3.00 bits per heavy atom. The third-order valence-electron chi connectivity index (χ3n) is 1.92. The number of halogens is 2. The van der Waals surface area contributed by atoms with E-state index in [1.165, 1.54) is 12.4 Å². The van der Waals surface area contributed by atoms with Crippen molar-refractivity contribution in [1.29, 1.82) is 0 Å². The molecular formula is C10H15F2N5. The molecule has 94 valence electrons. The number of imidazole rings is 1. The standard InChI is InChI=1S/C10H15F2N5/c1-7(2)5-15-10(13)16-6-8-14-3-4-17(8)9(11)12/h3-4,9H,1,5-6H2,2H3,(H3,13,15,16). The number of aromatic nitrogens is 2. The van der Waals surface area contributed by atoms with E-state index in [1.807, 2.05) is 6.92 Å². The van der Waals surface area contributed by atoms with Crippen LogP contribution < -0.4 is 11.1 Å². The predicted molar refractivity (Wildman–Crippen MR) is 61.6 cm³/mol. The normalized spacial score (nSPS) is 11.9. The maximum absolute atomic E-state index is 12.5. The monoisotopic (exact) mass is 243 g/mol. The number of nitrogens with zero attached hydrogens (tertiary/aromatic N) is 3. The van der Waals surface area contributed by atoms with Crippen molar-refractivity contribution in [3.8, 4) is 0 Å². The lowest BCUT2D eigenvalue weighted by molar-refractivity contribution is 0.0671. The van der Waals surface area contributed by atoms with Crippen LogP contribution in [0.3, 0.4) is 0 Å². The van der Waals surface area contributed by atoms with Gasteiger partial charge in [0.15, 0.2) is 5.96 Å². The number of rotatable bonds is 5. The minimum Gasteiger partial charge on any atom is -0.370 e.